The molecule has 5 atom stereocenters. The number of thioether (sulfide) groups is 1. The van der Waals surface area contributed by atoms with Crippen LogP contribution in [0, 0.1) is 0 Å². The fraction of sp³-hybridized carbons (Fsp3) is 0.556. The van der Waals surface area contributed by atoms with Crippen LogP contribution in [-0.2, 0) is 35.1 Å². The molecule has 1 aliphatic heterocycles. The molecule has 1 heterocycles. The summed E-state index contributed by atoms with van der Waals surface area (Å²) in [5.74, 6) is -0.911. The number of ether oxygens (including phenoxy) is 4. The van der Waals surface area contributed by atoms with Crippen LogP contribution in [0.2, 0.25) is 0 Å². The lowest BCUT2D eigenvalue weighted by molar-refractivity contribution is -0.232. The van der Waals surface area contributed by atoms with Gasteiger partial charge in [-0.2, -0.15) is 0 Å². The first-order chi connectivity index (χ1) is 11.9. The lowest BCUT2D eigenvalue weighted by Crippen LogP contribution is -2.59. The molecule has 25 heavy (non-hydrogen) atoms. The number of esters is 2. The monoisotopic (exact) mass is 368 g/mol. The minimum Gasteiger partial charge on any atom is -0.456 e. The second kappa shape index (κ2) is 9.22. The van der Waals surface area contributed by atoms with E-state index in [2.05, 4.69) is 0 Å². The van der Waals surface area contributed by atoms with Gasteiger partial charge in [0, 0.05) is 13.8 Å². The molecule has 0 amide bonds. The van der Waals surface area contributed by atoms with Gasteiger partial charge in [-0.3, -0.25) is 9.59 Å². The Morgan fingerprint density at radius 3 is 2.20 bits per heavy atom. The van der Waals surface area contributed by atoms with E-state index in [0.29, 0.717) is 6.61 Å². The van der Waals surface area contributed by atoms with Crippen LogP contribution in [0.4, 0.5) is 0 Å². The SMILES string of the molecule is CSC1O[C@@H](C)[C@@H](OC(C)=O)[C@@H](OC(C)=O)[C@@H]1OCc1ccccc1. The predicted octanol–water partition coefficient (Wildman–Crippen LogP) is 2.54. The van der Waals surface area contributed by atoms with Crippen molar-refractivity contribution in [3.63, 3.8) is 0 Å². The van der Waals surface area contributed by atoms with E-state index in [0.717, 1.165) is 5.56 Å². The van der Waals surface area contributed by atoms with Crippen molar-refractivity contribution < 1.29 is 28.5 Å². The van der Waals surface area contributed by atoms with Gasteiger partial charge < -0.3 is 18.9 Å². The van der Waals surface area contributed by atoms with E-state index in [1.54, 1.807) is 6.92 Å². The van der Waals surface area contributed by atoms with Crippen molar-refractivity contribution in [2.45, 2.75) is 57.2 Å². The van der Waals surface area contributed by atoms with E-state index in [-0.39, 0.29) is 5.44 Å². The Labute approximate surface area is 152 Å². The summed E-state index contributed by atoms with van der Waals surface area (Å²) in [5.41, 5.74) is 0.654. The maximum Gasteiger partial charge on any atom is 0.303 e. The van der Waals surface area contributed by atoms with Gasteiger partial charge in [-0.15, -0.1) is 11.8 Å². The third kappa shape index (κ3) is 5.45. The number of hydrogen-bond donors (Lipinski definition) is 0. The van der Waals surface area contributed by atoms with Crippen LogP contribution in [0.3, 0.4) is 0 Å². The molecule has 0 N–H and O–H groups in total. The molecule has 0 bridgehead atoms. The standard InChI is InChI=1S/C18H24O6S/c1-11-15(23-12(2)19)16(24-13(3)20)17(18(22-11)25-4)21-10-14-8-6-5-7-9-14/h5-9,11,15-18H,10H2,1-4H3/t11-,15+,16+,17-,18?/m0/s1. The van der Waals surface area contributed by atoms with Gasteiger partial charge >= 0.3 is 11.9 Å². The molecule has 1 fully saturated rings. The van der Waals surface area contributed by atoms with E-state index in [1.807, 2.05) is 36.6 Å². The molecule has 2 rings (SSSR count). The summed E-state index contributed by atoms with van der Waals surface area (Å²) in [6.07, 6.45) is -0.522. The molecule has 0 saturated carbocycles. The highest BCUT2D eigenvalue weighted by molar-refractivity contribution is 7.99. The minimum atomic E-state index is -0.730. The van der Waals surface area contributed by atoms with Crippen molar-refractivity contribution in [3.05, 3.63) is 35.9 Å². The molecule has 0 spiro atoms. The highest BCUT2D eigenvalue weighted by Gasteiger charge is 2.48. The van der Waals surface area contributed by atoms with Crippen LogP contribution in [-0.4, -0.2) is 48.0 Å². The van der Waals surface area contributed by atoms with Gasteiger partial charge in [0.15, 0.2) is 12.2 Å². The molecule has 1 aromatic carbocycles. The first kappa shape index (κ1) is 19.8. The topological polar surface area (TPSA) is 71.1 Å². The van der Waals surface area contributed by atoms with Gasteiger partial charge in [0.1, 0.15) is 11.5 Å². The van der Waals surface area contributed by atoms with Gasteiger partial charge in [-0.25, -0.2) is 0 Å². The molecule has 138 valence electrons. The summed E-state index contributed by atoms with van der Waals surface area (Å²) < 4.78 is 22.8. The molecule has 0 radical (unpaired) electrons. The van der Waals surface area contributed by atoms with Gasteiger partial charge in [0.05, 0.1) is 12.7 Å². The van der Waals surface area contributed by atoms with E-state index >= 15 is 0 Å². The maximum absolute atomic E-state index is 11.6. The normalized spacial score (nSPS) is 29.0. The fourth-order valence-electron chi connectivity index (χ4n) is 2.79. The Hall–Kier alpha value is -1.57. The van der Waals surface area contributed by atoms with Gasteiger partial charge in [0.25, 0.3) is 0 Å². The third-order valence-electron chi connectivity index (χ3n) is 3.85. The summed E-state index contributed by atoms with van der Waals surface area (Å²) in [6.45, 7) is 4.77. The van der Waals surface area contributed by atoms with Crippen molar-refractivity contribution >= 4 is 23.7 Å². The average Bonchev–Trinajstić information content (AvgIpc) is 2.57. The lowest BCUT2D eigenvalue weighted by atomic mass is 10.00. The van der Waals surface area contributed by atoms with Gasteiger partial charge in [-0.05, 0) is 18.7 Å². The molecule has 7 heteroatoms. The molecule has 1 aromatic rings. The summed E-state index contributed by atoms with van der Waals surface area (Å²) in [4.78, 5) is 23.1. The zero-order chi connectivity index (χ0) is 18.4. The summed E-state index contributed by atoms with van der Waals surface area (Å²) in [7, 11) is 0. The molecule has 1 saturated heterocycles. The van der Waals surface area contributed by atoms with Gasteiger partial charge in [0.2, 0.25) is 0 Å². The summed E-state index contributed by atoms with van der Waals surface area (Å²) >= 11 is 1.47. The number of benzene rings is 1. The van der Waals surface area contributed by atoms with Crippen LogP contribution in [0.15, 0.2) is 30.3 Å². The molecule has 1 unspecified atom stereocenters. The quantitative estimate of drug-likeness (QED) is 0.715. The van der Waals surface area contributed by atoms with Crippen LogP contribution in [0.5, 0.6) is 0 Å². The molecule has 0 aliphatic carbocycles. The zero-order valence-electron chi connectivity index (χ0n) is 14.8. The first-order valence-electron chi connectivity index (χ1n) is 8.10. The predicted molar refractivity (Wildman–Crippen MR) is 94.0 cm³/mol. The third-order valence-corrected chi connectivity index (χ3v) is 4.69. The second-order valence-electron chi connectivity index (χ2n) is 5.85. The van der Waals surface area contributed by atoms with Crippen LogP contribution in [0.1, 0.15) is 26.3 Å². The number of rotatable bonds is 6. The molecular weight excluding hydrogens is 344 g/mol. The van der Waals surface area contributed by atoms with Crippen LogP contribution >= 0.6 is 11.8 Å². The highest BCUT2D eigenvalue weighted by atomic mass is 32.2. The van der Waals surface area contributed by atoms with E-state index in [1.165, 1.54) is 25.6 Å². The summed E-state index contributed by atoms with van der Waals surface area (Å²) in [6, 6.07) is 9.68. The van der Waals surface area contributed by atoms with Crippen LogP contribution < -0.4 is 0 Å². The number of carbonyl (C=O) groups is 2. The van der Waals surface area contributed by atoms with Crippen molar-refractivity contribution in [1.29, 1.82) is 0 Å². The van der Waals surface area contributed by atoms with E-state index in [4.69, 9.17) is 18.9 Å². The average molecular weight is 368 g/mol. The smallest absolute Gasteiger partial charge is 0.303 e. The Bertz CT molecular complexity index is 578. The first-order valence-corrected chi connectivity index (χ1v) is 9.39. The Morgan fingerprint density at radius 2 is 1.64 bits per heavy atom. The lowest BCUT2D eigenvalue weighted by Gasteiger charge is -2.43. The number of carbonyl (C=O) groups excluding carboxylic acids is 2. The van der Waals surface area contributed by atoms with Crippen molar-refractivity contribution in [3.8, 4) is 0 Å². The fourth-order valence-corrected chi connectivity index (χ4v) is 3.57. The van der Waals surface area contributed by atoms with E-state index < -0.39 is 36.4 Å². The summed E-state index contributed by atoms with van der Waals surface area (Å²) in [5, 5.41) is 0. The number of hydrogen-bond acceptors (Lipinski definition) is 7. The molecule has 6 nitrogen and oxygen atoms in total. The van der Waals surface area contributed by atoms with Crippen molar-refractivity contribution in [1.82, 2.24) is 0 Å². The largest absolute Gasteiger partial charge is 0.456 e. The van der Waals surface area contributed by atoms with Crippen molar-refractivity contribution in [2.75, 3.05) is 6.26 Å². The Kier molecular flexibility index (Phi) is 7.28. The Balaban J connectivity index is 2.21. The second-order valence-corrected chi connectivity index (χ2v) is 6.79. The minimum absolute atomic E-state index is 0.338. The maximum atomic E-state index is 11.6. The molecule has 0 aromatic heterocycles. The van der Waals surface area contributed by atoms with Crippen LogP contribution in [0.25, 0.3) is 0 Å². The Morgan fingerprint density at radius 1 is 1.04 bits per heavy atom. The molecule has 1 aliphatic rings. The highest BCUT2D eigenvalue weighted by Crippen LogP contribution is 2.33. The zero-order valence-corrected chi connectivity index (χ0v) is 15.7. The van der Waals surface area contributed by atoms with Crippen molar-refractivity contribution in [2.24, 2.45) is 0 Å². The van der Waals surface area contributed by atoms with Gasteiger partial charge in [-0.1, -0.05) is 30.3 Å². The van der Waals surface area contributed by atoms with E-state index in [9.17, 15) is 9.59 Å². The molecular formula is C18H24O6S.